The number of carbonyl (C=O) groups is 2. The number of halogens is 1. The van der Waals surface area contributed by atoms with Gasteiger partial charge in [-0.05, 0) is 61.7 Å². The molecule has 140 valence electrons. The first-order chi connectivity index (χ1) is 13.0. The molecule has 0 bridgehead atoms. The fourth-order valence-corrected chi connectivity index (χ4v) is 2.43. The molecular weight excluding hydrogens is 366 g/mol. The Kier molecular flexibility index (Phi) is 6.08. The van der Waals surface area contributed by atoms with E-state index < -0.39 is 0 Å². The average Bonchev–Trinajstić information content (AvgIpc) is 3.51. The Bertz CT molecular complexity index is 844. The van der Waals surface area contributed by atoms with Crippen LogP contribution in [0, 0.1) is 5.92 Å². The monoisotopic (exact) mass is 385 g/mol. The number of benzene rings is 2. The van der Waals surface area contributed by atoms with Crippen molar-refractivity contribution in [1.82, 2.24) is 5.43 Å². The summed E-state index contributed by atoms with van der Waals surface area (Å²) >= 11 is 5.79. The van der Waals surface area contributed by atoms with Crippen LogP contribution in [0.2, 0.25) is 5.02 Å². The number of hydrogen-bond donors (Lipinski definition) is 2. The van der Waals surface area contributed by atoms with Gasteiger partial charge in [-0.25, -0.2) is 5.43 Å². The molecule has 2 N–H and O–H groups in total. The third kappa shape index (κ3) is 5.82. The molecule has 2 amide bonds. The molecule has 0 atom stereocenters. The maximum absolute atomic E-state index is 11.8. The van der Waals surface area contributed by atoms with Gasteiger partial charge in [-0.2, -0.15) is 5.10 Å². The molecule has 0 unspecified atom stereocenters. The lowest BCUT2D eigenvalue weighted by Gasteiger charge is -2.07. The van der Waals surface area contributed by atoms with Crippen LogP contribution in [0.4, 0.5) is 5.69 Å². The van der Waals surface area contributed by atoms with Crippen LogP contribution < -0.4 is 15.5 Å². The SMILES string of the molecule is CC(=NNC(=O)COc1ccc(Cl)cc1)c1ccc(NC(=O)C2CC2)cc1. The van der Waals surface area contributed by atoms with Gasteiger partial charge in [0, 0.05) is 16.6 Å². The Hall–Kier alpha value is -2.86. The number of carbonyl (C=O) groups excluding carboxylic acids is 2. The molecule has 1 fully saturated rings. The van der Waals surface area contributed by atoms with E-state index in [4.69, 9.17) is 16.3 Å². The number of ether oxygens (including phenoxy) is 1. The van der Waals surface area contributed by atoms with Crippen LogP contribution >= 0.6 is 11.6 Å². The van der Waals surface area contributed by atoms with Gasteiger partial charge in [0.2, 0.25) is 5.91 Å². The molecule has 0 aliphatic heterocycles. The minimum atomic E-state index is -0.363. The molecular formula is C20H20ClN3O3. The van der Waals surface area contributed by atoms with E-state index in [1.807, 2.05) is 24.3 Å². The molecule has 1 saturated carbocycles. The van der Waals surface area contributed by atoms with Crippen molar-refractivity contribution in [1.29, 1.82) is 0 Å². The Balaban J connectivity index is 1.48. The lowest BCUT2D eigenvalue weighted by atomic mass is 10.1. The second kappa shape index (κ2) is 8.68. The highest BCUT2D eigenvalue weighted by Crippen LogP contribution is 2.30. The zero-order valence-corrected chi connectivity index (χ0v) is 15.6. The molecule has 27 heavy (non-hydrogen) atoms. The quantitative estimate of drug-likeness (QED) is 0.564. The van der Waals surface area contributed by atoms with Crippen molar-refractivity contribution in [2.45, 2.75) is 19.8 Å². The lowest BCUT2D eigenvalue weighted by molar-refractivity contribution is -0.123. The summed E-state index contributed by atoms with van der Waals surface area (Å²) in [7, 11) is 0. The number of amides is 2. The summed E-state index contributed by atoms with van der Waals surface area (Å²) in [5, 5.41) is 7.56. The molecule has 0 spiro atoms. The van der Waals surface area contributed by atoms with E-state index in [0.29, 0.717) is 16.5 Å². The number of hydrazone groups is 1. The van der Waals surface area contributed by atoms with Crippen molar-refractivity contribution in [2.24, 2.45) is 11.0 Å². The first-order valence-corrected chi connectivity index (χ1v) is 9.02. The Morgan fingerprint density at radius 3 is 2.41 bits per heavy atom. The highest BCUT2D eigenvalue weighted by atomic mass is 35.5. The van der Waals surface area contributed by atoms with Crippen LogP contribution in [0.25, 0.3) is 0 Å². The fraction of sp³-hybridized carbons (Fsp3) is 0.250. The first-order valence-electron chi connectivity index (χ1n) is 8.64. The second-order valence-corrected chi connectivity index (χ2v) is 6.75. The van der Waals surface area contributed by atoms with Crippen LogP contribution in [-0.2, 0) is 9.59 Å². The summed E-state index contributed by atoms with van der Waals surface area (Å²) in [6, 6.07) is 14.1. The molecule has 1 aliphatic carbocycles. The van der Waals surface area contributed by atoms with Gasteiger partial charge in [0.05, 0.1) is 5.71 Å². The van der Waals surface area contributed by atoms with E-state index in [2.05, 4.69) is 15.8 Å². The van der Waals surface area contributed by atoms with E-state index in [1.54, 1.807) is 31.2 Å². The highest BCUT2D eigenvalue weighted by Gasteiger charge is 2.29. The van der Waals surface area contributed by atoms with Crippen LogP contribution in [0.5, 0.6) is 5.75 Å². The zero-order chi connectivity index (χ0) is 19.2. The molecule has 2 aromatic carbocycles. The van der Waals surface area contributed by atoms with E-state index in [1.165, 1.54) is 0 Å². The van der Waals surface area contributed by atoms with Crippen molar-refractivity contribution >= 4 is 34.8 Å². The molecule has 1 aliphatic rings. The second-order valence-electron chi connectivity index (χ2n) is 6.32. The number of hydrogen-bond acceptors (Lipinski definition) is 4. The Labute approximate surface area is 162 Å². The van der Waals surface area contributed by atoms with Gasteiger partial charge < -0.3 is 10.1 Å². The summed E-state index contributed by atoms with van der Waals surface area (Å²) in [6.07, 6.45) is 1.94. The van der Waals surface area contributed by atoms with Gasteiger partial charge in [0.25, 0.3) is 5.91 Å². The highest BCUT2D eigenvalue weighted by molar-refractivity contribution is 6.30. The summed E-state index contributed by atoms with van der Waals surface area (Å²) in [5.41, 5.74) is 4.71. The summed E-state index contributed by atoms with van der Waals surface area (Å²) < 4.78 is 5.36. The largest absolute Gasteiger partial charge is 0.484 e. The van der Waals surface area contributed by atoms with Crippen LogP contribution in [0.15, 0.2) is 53.6 Å². The van der Waals surface area contributed by atoms with Gasteiger partial charge >= 0.3 is 0 Å². The van der Waals surface area contributed by atoms with Crippen molar-refractivity contribution in [3.63, 3.8) is 0 Å². The Morgan fingerprint density at radius 1 is 1.11 bits per heavy atom. The van der Waals surface area contributed by atoms with Crippen LogP contribution in [0.3, 0.4) is 0 Å². The molecule has 0 saturated heterocycles. The van der Waals surface area contributed by atoms with Crippen LogP contribution in [-0.4, -0.2) is 24.1 Å². The van der Waals surface area contributed by atoms with Gasteiger partial charge in [-0.15, -0.1) is 0 Å². The third-order valence-corrected chi connectivity index (χ3v) is 4.30. The minimum Gasteiger partial charge on any atom is -0.484 e. The van der Waals surface area contributed by atoms with Crippen molar-refractivity contribution in [3.8, 4) is 5.75 Å². The van der Waals surface area contributed by atoms with E-state index >= 15 is 0 Å². The summed E-state index contributed by atoms with van der Waals surface area (Å²) in [4.78, 5) is 23.6. The van der Waals surface area contributed by atoms with E-state index in [-0.39, 0.29) is 24.3 Å². The molecule has 6 nitrogen and oxygen atoms in total. The standard InChI is InChI=1S/C20H20ClN3O3/c1-13(14-4-8-17(9-5-14)22-20(26)15-2-3-15)23-24-19(25)12-27-18-10-6-16(21)7-11-18/h4-11,15H,2-3,12H2,1H3,(H,22,26)(H,24,25). The predicted octanol–water partition coefficient (Wildman–Crippen LogP) is 3.61. The number of nitrogens with zero attached hydrogens (tertiary/aromatic N) is 1. The predicted molar refractivity (Wildman–Crippen MR) is 105 cm³/mol. The number of rotatable bonds is 7. The minimum absolute atomic E-state index is 0.0705. The van der Waals surface area contributed by atoms with E-state index in [9.17, 15) is 9.59 Å². The normalized spacial score (nSPS) is 13.8. The molecule has 0 heterocycles. The van der Waals surface area contributed by atoms with E-state index in [0.717, 1.165) is 24.1 Å². The van der Waals surface area contributed by atoms with Gasteiger partial charge in [-0.1, -0.05) is 23.7 Å². The van der Waals surface area contributed by atoms with Crippen molar-refractivity contribution in [3.05, 3.63) is 59.1 Å². The number of nitrogens with one attached hydrogen (secondary N) is 2. The van der Waals surface area contributed by atoms with Gasteiger partial charge in [0.15, 0.2) is 6.61 Å². The van der Waals surface area contributed by atoms with Crippen molar-refractivity contribution in [2.75, 3.05) is 11.9 Å². The topological polar surface area (TPSA) is 79.8 Å². The van der Waals surface area contributed by atoms with Gasteiger partial charge in [-0.3, -0.25) is 9.59 Å². The molecule has 0 radical (unpaired) electrons. The molecule has 0 aromatic heterocycles. The lowest BCUT2D eigenvalue weighted by Crippen LogP contribution is -2.25. The maximum atomic E-state index is 11.8. The number of anilines is 1. The van der Waals surface area contributed by atoms with Crippen molar-refractivity contribution < 1.29 is 14.3 Å². The molecule has 3 rings (SSSR count). The van der Waals surface area contributed by atoms with Gasteiger partial charge in [0.1, 0.15) is 5.75 Å². The maximum Gasteiger partial charge on any atom is 0.277 e. The summed E-state index contributed by atoms with van der Waals surface area (Å²) in [6.45, 7) is 1.64. The molecule has 2 aromatic rings. The van der Waals surface area contributed by atoms with Crippen LogP contribution in [0.1, 0.15) is 25.3 Å². The fourth-order valence-electron chi connectivity index (χ4n) is 2.31. The smallest absolute Gasteiger partial charge is 0.277 e. The first kappa shape index (κ1) is 18.9. The molecule has 7 heteroatoms. The average molecular weight is 386 g/mol. The third-order valence-electron chi connectivity index (χ3n) is 4.05. The zero-order valence-electron chi connectivity index (χ0n) is 14.9. The summed E-state index contributed by atoms with van der Waals surface area (Å²) in [5.74, 6) is 0.427. The Morgan fingerprint density at radius 2 is 1.78 bits per heavy atom.